The molecule has 3 aromatic rings. The summed E-state index contributed by atoms with van der Waals surface area (Å²) in [6.07, 6.45) is 1.31. The van der Waals surface area contributed by atoms with Gasteiger partial charge >= 0.3 is 0 Å². The van der Waals surface area contributed by atoms with Crippen LogP contribution in [0.4, 0.5) is 4.39 Å². The maximum absolute atomic E-state index is 13.5. The number of carbonyl (C=O) groups is 2. The summed E-state index contributed by atoms with van der Waals surface area (Å²) >= 11 is 1.66. The van der Waals surface area contributed by atoms with Crippen LogP contribution in [0.5, 0.6) is 0 Å². The number of amides is 2. The second kappa shape index (κ2) is 9.02. The summed E-state index contributed by atoms with van der Waals surface area (Å²) < 4.78 is 13.5. The van der Waals surface area contributed by atoms with E-state index in [0.717, 1.165) is 11.1 Å². The Labute approximate surface area is 185 Å². The van der Waals surface area contributed by atoms with Gasteiger partial charge in [0.2, 0.25) is 11.8 Å². The average Bonchev–Trinajstić information content (AvgIpc) is 3.45. The number of thiophene rings is 1. The molecule has 1 saturated heterocycles. The van der Waals surface area contributed by atoms with Crippen molar-refractivity contribution in [3.05, 3.63) is 82.3 Å². The summed E-state index contributed by atoms with van der Waals surface area (Å²) in [4.78, 5) is 27.4. The quantitative estimate of drug-likeness (QED) is 0.626. The zero-order valence-electron chi connectivity index (χ0n) is 17.4. The molecule has 4 nitrogen and oxygen atoms in total. The minimum Gasteiger partial charge on any atom is -0.359 e. The van der Waals surface area contributed by atoms with Gasteiger partial charge in [-0.15, -0.1) is 0 Å². The average molecular weight is 437 g/mol. The van der Waals surface area contributed by atoms with Crippen LogP contribution >= 0.6 is 11.3 Å². The van der Waals surface area contributed by atoms with Crippen molar-refractivity contribution in [1.29, 1.82) is 0 Å². The first-order chi connectivity index (χ1) is 15.0. The van der Waals surface area contributed by atoms with Gasteiger partial charge in [0.15, 0.2) is 0 Å². The Morgan fingerprint density at radius 2 is 1.90 bits per heavy atom. The highest BCUT2D eigenvalue weighted by Gasteiger charge is 2.45. The molecule has 0 spiro atoms. The van der Waals surface area contributed by atoms with Crippen LogP contribution in [0, 0.1) is 11.2 Å². The van der Waals surface area contributed by atoms with Crippen LogP contribution in [0.2, 0.25) is 0 Å². The van der Waals surface area contributed by atoms with E-state index in [9.17, 15) is 14.0 Å². The van der Waals surface area contributed by atoms with Gasteiger partial charge in [0.05, 0.1) is 11.8 Å². The van der Waals surface area contributed by atoms with Gasteiger partial charge < -0.3 is 10.2 Å². The molecule has 0 radical (unpaired) electrons. The van der Waals surface area contributed by atoms with Crippen LogP contribution in [0.15, 0.2) is 65.4 Å². The largest absolute Gasteiger partial charge is 0.359 e. The van der Waals surface area contributed by atoms with E-state index in [4.69, 9.17) is 0 Å². The molecule has 31 heavy (non-hydrogen) atoms. The predicted molar refractivity (Wildman–Crippen MR) is 121 cm³/mol. The molecule has 4 rings (SSSR count). The molecule has 2 aromatic carbocycles. The van der Waals surface area contributed by atoms with Crippen molar-refractivity contribution in [3.63, 3.8) is 0 Å². The van der Waals surface area contributed by atoms with Crippen LogP contribution in [0.1, 0.15) is 17.5 Å². The molecule has 1 aliphatic rings. The summed E-state index contributed by atoms with van der Waals surface area (Å²) in [6.45, 7) is 0.891. The summed E-state index contributed by atoms with van der Waals surface area (Å²) in [5.74, 6) is -0.475. The first kappa shape index (κ1) is 21.2. The lowest BCUT2D eigenvalue weighted by atomic mass is 9.79. The molecular formula is C25H25FN2O2S. The molecule has 6 heteroatoms. The molecule has 2 amide bonds. The van der Waals surface area contributed by atoms with Crippen molar-refractivity contribution in [1.82, 2.24) is 10.2 Å². The minimum absolute atomic E-state index is 0.0459. The smallest absolute Gasteiger partial charge is 0.228 e. The van der Waals surface area contributed by atoms with Gasteiger partial charge in [0.25, 0.3) is 0 Å². The normalized spacial score (nSPS) is 18.2. The predicted octanol–water partition coefficient (Wildman–Crippen LogP) is 4.30. The molecular weight excluding hydrogens is 411 g/mol. The van der Waals surface area contributed by atoms with Crippen LogP contribution in [-0.4, -0.2) is 36.9 Å². The molecule has 1 fully saturated rings. The van der Waals surface area contributed by atoms with Crippen molar-refractivity contribution >= 4 is 23.2 Å². The highest BCUT2D eigenvalue weighted by molar-refractivity contribution is 7.08. The highest BCUT2D eigenvalue weighted by atomic mass is 32.1. The van der Waals surface area contributed by atoms with E-state index in [-0.39, 0.29) is 24.1 Å². The molecule has 0 saturated carbocycles. The van der Waals surface area contributed by atoms with Gasteiger partial charge in [-0.25, -0.2) is 4.39 Å². The molecule has 0 aliphatic carbocycles. The van der Waals surface area contributed by atoms with Gasteiger partial charge in [-0.3, -0.25) is 9.59 Å². The third-order valence-corrected chi connectivity index (χ3v) is 6.69. The number of halogens is 1. The van der Waals surface area contributed by atoms with Crippen molar-refractivity contribution in [2.75, 3.05) is 20.1 Å². The van der Waals surface area contributed by atoms with Gasteiger partial charge in [-0.1, -0.05) is 36.4 Å². The fraction of sp³-hybridized carbons (Fsp3) is 0.280. The zero-order chi connectivity index (χ0) is 21.8. The third-order valence-electron chi connectivity index (χ3n) is 6.01. The second-order valence-electron chi connectivity index (χ2n) is 8.12. The van der Waals surface area contributed by atoms with E-state index in [1.165, 1.54) is 17.7 Å². The van der Waals surface area contributed by atoms with Gasteiger partial charge in [-0.2, -0.15) is 11.3 Å². The fourth-order valence-electron chi connectivity index (χ4n) is 4.33. The van der Waals surface area contributed by atoms with Gasteiger partial charge in [0, 0.05) is 20.1 Å². The number of benzene rings is 2. The number of carbonyl (C=O) groups excluding carboxylic acids is 2. The highest BCUT2D eigenvalue weighted by Crippen LogP contribution is 2.35. The standard InChI is InChI=1S/C25H25FN2O2S/c1-27-24(30)25(15-18-5-7-20(8-6-18)21-9-12-31-16-21)10-11-28(17-25)23(29)14-19-3-2-4-22(26)13-19/h2-9,12-13,16H,10-11,14-15,17H2,1H3,(H,27,30). The zero-order valence-corrected chi connectivity index (χ0v) is 18.3. The van der Waals surface area contributed by atoms with Crippen LogP contribution in [0.3, 0.4) is 0 Å². The second-order valence-corrected chi connectivity index (χ2v) is 8.90. The van der Waals surface area contributed by atoms with Gasteiger partial charge in [0.1, 0.15) is 5.82 Å². The molecule has 0 bridgehead atoms. The lowest BCUT2D eigenvalue weighted by molar-refractivity contribution is -0.132. The Hall–Kier alpha value is -2.99. The Kier molecular flexibility index (Phi) is 6.18. The Morgan fingerprint density at radius 3 is 2.58 bits per heavy atom. The number of hydrogen-bond acceptors (Lipinski definition) is 3. The van der Waals surface area contributed by atoms with Crippen LogP contribution < -0.4 is 5.32 Å². The van der Waals surface area contributed by atoms with Crippen molar-refractivity contribution in [2.45, 2.75) is 19.3 Å². The van der Waals surface area contributed by atoms with Crippen molar-refractivity contribution in [3.8, 4) is 11.1 Å². The fourth-order valence-corrected chi connectivity index (χ4v) is 4.99. The van der Waals surface area contributed by atoms with E-state index in [1.807, 2.05) is 0 Å². The topological polar surface area (TPSA) is 49.4 Å². The summed E-state index contributed by atoms with van der Waals surface area (Å²) in [7, 11) is 1.64. The molecule has 2 heterocycles. The summed E-state index contributed by atoms with van der Waals surface area (Å²) in [5.41, 5.74) is 3.40. The number of hydrogen-bond donors (Lipinski definition) is 1. The maximum Gasteiger partial charge on any atom is 0.228 e. The lowest BCUT2D eigenvalue weighted by Crippen LogP contribution is -2.44. The van der Waals surface area contributed by atoms with E-state index in [0.29, 0.717) is 31.5 Å². The van der Waals surface area contributed by atoms with Crippen molar-refractivity contribution < 1.29 is 14.0 Å². The molecule has 1 N–H and O–H groups in total. The van der Waals surface area contributed by atoms with E-state index >= 15 is 0 Å². The third kappa shape index (κ3) is 4.69. The first-order valence-corrected chi connectivity index (χ1v) is 11.3. The molecule has 1 aliphatic heterocycles. The number of likely N-dealkylation sites (tertiary alicyclic amines) is 1. The van der Waals surface area contributed by atoms with Gasteiger partial charge in [-0.05, 0) is 64.1 Å². The number of rotatable bonds is 6. The van der Waals surface area contributed by atoms with Crippen LogP contribution in [0.25, 0.3) is 11.1 Å². The van der Waals surface area contributed by atoms with Crippen LogP contribution in [-0.2, 0) is 22.4 Å². The maximum atomic E-state index is 13.5. The molecule has 1 atom stereocenters. The summed E-state index contributed by atoms with van der Waals surface area (Å²) in [5, 5.41) is 6.96. The Morgan fingerprint density at radius 1 is 1.10 bits per heavy atom. The lowest BCUT2D eigenvalue weighted by Gasteiger charge is -2.28. The number of nitrogens with zero attached hydrogens (tertiary/aromatic N) is 1. The molecule has 1 aromatic heterocycles. The Bertz CT molecular complexity index is 1070. The monoisotopic (exact) mass is 436 g/mol. The minimum atomic E-state index is -0.657. The summed E-state index contributed by atoms with van der Waals surface area (Å²) in [6, 6.07) is 16.5. The van der Waals surface area contributed by atoms with E-state index in [1.54, 1.807) is 35.4 Å². The number of nitrogens with one attached hydrogen (secondary N) is 1. The van der Waals surface area contributed by atoms with E-state index < -0.39 is 5.41 Å². The van der Waals surface area contributed by atoms with E-state index in [2.05, 4.69) is 46.4 Å². The first-order valence-electron chi connectivity index (χ1n) is 10.3. The SMILES string of the molecule is CNC(=O)C1(Cc2ccc(-c3ccsc3)cc2)CCN(C(=O)Cc2cccc(F)c2)C1. The van der Waals surface area contributed by atoms with Crippen molar-refractivity contribution in [2.24, 2.45) is 5.41 Å². The molecule has 160 valence electrons. The molecule has 1 unspecified atom stereocenters. The Balaban J connectivity index is 1.48.